The maximum atomic E-state index is 12.3. The third-order valence-corrected chi connectivity index (χ3v) is 4.76. The number of aliphatic imine (C=N–C) groups is 1. The Kier molecular flexibility index (Phi) is 6.24. The van der Waals surface area contributed by atoms with Crippen molar-refractivity contribution in [3.05, 3.63) is 70.2 Å². The van der Waals surface area contributed by atoms with Gasteiger partial charge in [-0.15, -0.1) is 17.0 Å². The van der Waals surface area contributed by atoms with E-state index >= 15 is 0 Å². The van der Waals surface area contributed by atoms with Gasteiger partial charge in [-0.05, 0) is 24.1 Å². The summed E-state index contributed by atoms with van der Waals surface area (Å²) in [5, 5.41) is 1.46. The number of hydrogen-bond acceptors (Lipinski definition) is 3. The lowest BCUT2D eigenvalue weighted by atomic mass is 10.0. The third kappa shape index (κ3) is 3.80. The largest absolute Gasteiger partial charge is 0.293 e. The highest BCUT2D eigenvalue weighted by Crippen LogP contribution is 2.24. The minimum atomic E-state index is 0. The number of fused-ring (bicyclic) bond motifs is 1. The summed E-state index contributed by atoms with van der Waals surface area (Å²) in [6.45, 7) is 0.791. The zero-order chi connectivity index (χ0) is 14.7. The Labute approximate surface area is 149 Å². The predicted molar refractivity (Wildman–Crippen MR) is 100 cm³/mol. The van der Waals surface area contributed by atoms with Crippen molar-refractivity contribution in [2.75, 3.05) is 12.3 Å². The summed E-state index contributed by atoms with van der Waals surface area (Å²) in [6.07, 6.45) is 0.971. The summed E-state index contributed by atoms with van der Waals surface area (Å²) >= 11 is 7.55. The van der Waals surface area contributed by atoms with Gasteiger partial charge in [0.1, 0.15) is 0 Å². The summed E-state index contributed by atoms with van der Waals surface area (Å²) in [5.41, 5.74) is 3.04. The van der Waals surface area contributed by atoms with Crippen molar-refractivity contribution >= 4 is 51.2 Å². The fourth-order valence-electron chi connectivity index (χ4n) is 2.33. The number of halogens is 2. The Balaban J connectivity index is 0.00000176. The molecule has 0 spiro atoms. The first-order valence-electron chi connectivity index (χ1n) is 6.79. The third-order valence-electron chi connectivity index (χ3n) is 3.40. The van der Waals surface area contributed by atoms with Gasteiger partial charge in [0.05, 0.1) is 15.8 Å². The number of nitrogens with zero attached hydrogens (tertiary/aromatic N) is 1. The molecule has 0 atom stereocenters. The quantitative estimate of drug-likeness (QED) is 0.695. The zero-order valence-electron chi connectivity index (χ0n) is 11.8. The van der Waals surface area contributed by atoms with Gasteiger partial charge < -0.3 is 0 Å². The van der Waals surface area contributed by atoms with E-state index in [1.54, 1.807) is 12.1 Å². The van der Waals surface area contributed by atoms with Gasteiger partial charge in [0.15, 0.2) is 5.78 Å². The van der Waals surface area contributed by atoms with Gasteiger partial charge in [0, 0.05) is 17.7 Å². The molecule has 0 bridgehead atoms. The van der Waals surface area contributed by atoms with Crippen molar-refractivity contribution in [3.63, 3.8) is 0 Å². The molecule has 5 heteroatoms. The van der Waals surface area contributed by atoms with Crippen molar-refractivity contribution in [3.8, 4) is 0 Å². The van der Waals surface area contributed by atoms with Crippen LogP contribution < -0.4 is 0 Å². The van der Waals surface area contributed by atoms with Gasteiger partial charge in [0.2, 0.25) is 0 Å². The standard InChI is InChI=1S/C17H14ClNOS.BrH/c18-15-8-4-3-7-14(15)16(20)11-21-17-13-6-2-1-5-12(13)9-10-19-17;/h1-8H,9-11H2;1H. The molecule has 1 aliphatic heterocycles. The van der Waals surface area contributed by atoms with E-state index in [2.05, 4.69) is 17.1 Å². The molecule has 0 aromatic heterocycles. The van der Waals surface area contributed by atoms with E-state index in [0.717, 1.165) is 23.6 Å². The number of benzene rings is 2. The van der Waals surface area contributed by atoms with Crippen molar-refractivity contribution < 1.29 is 4.79 Å². The monoisotopic (exact) mass is 395 g/mol. The van der Waals surface area contributed by atoms with E-state index in [1.165, 1.54) is 17.3 Å². The molecule has 0 saturated heterocycles. The lowest BCUT2D eigenvalue weighted by Gasteiger charge is -2.15. The highest BCUT2D eigenvalue weighted by molar-refractivity contribution is 8.93. The SMILES string of the molecule is Br.O=C(CSC1=NCCc2ccccc21)c1ccccc1Cl. The normalized spacial score (nSPS) is 12.9. The molecule has 22 heavy (non-hydrogen) atoms. The lowest BCUT2D eigenvalue weighted by molar-refractivity contribution is 0.102. The number of rotatable bonds is 3. The predicted octanol–water partition coefficient (Wildman–Crippen LogP) is 4.84. The summed E-state index contributed by atoms with van der Waals surface area (Å²) in [6, 6.07) is 15.4. The van der Waals surface area contributed by atoms with Crippen LogP contribution in [0.2, 0.25) is 5.02 Å². The fourth-order valence-corrected chi connectivity index (χ4v) is 3.53. The lowest BCUT2D eigenvalue weighted by Crippen LogP contribution is -2.12. The Bertz CT molecular complexity index is 717. The van der Waals surface area contributed by atoms with Crippen LogP contribution in [-0.4, -0.2) is 23.1 Å². The maximum absolute atomic E-state index is 12.3. The van der Waals surface area contributed by atoms with Gasteiger partial charge in [-0.25, -0.2) is 0 Å². The van der Waals surface area contributed by atoms with Crippen LogP contribution in [0.5, 0.6) is 0 Å². The van der Waals surface area contributed by atoms with E-state index < -0.39 is 0 Å². The van der Waals surface area contributed by atoms with Crippen LogP contribution in [0.25, 0.3) is 0 Å². The van der Waals surface area contributed by atoms with Crippen molar-refractivity contribution in [2.45, 2.75) is 6.42 Å². The van der Waals surface area contributed by atoms with Crippen LogP contribution in [0.1, 0.15) is 21.5 Å². The Morgan fingerprint density at radius 3 is 2.68 bits per heavy atom. The maximum Gasteiger partial charge on any atom is 0.174 e. The number of ketones is 1. The van der Waals surface area contributed by atoms with Crippen LogP contribution in [0, 0.1) is 0 Å². The molecule has 2 aromatic carbocycles. The number of hydrogen-bond donors (Lipinski definition) is 0. The average molecular weight is 397 g/mol. The Hall–Kier alpha value is -1.10. The zero-order valence-corrected chi connectivity index (χ0v) is 15.1. The molecule has 0 N–H and O–H groups in total. The number of carbonyl (C=O) groups excluding carboxylic acids is 1. The first kappa shape index (κ1) is 17.3. The molecule has 2 aromatic rings. The number of Topliss-reactive ketones (excluding diaryl/α,β-unsaturated/α-hetero) is 1. The molecule has 0 amide bonds. The molecule has 0 aliphatic carbocycles. The Morgan fingerprint density at radius 2 is 1.86 bits per heavy atom. The van der Waals surface area contributed by atoms with Crippen molar-refractivity contribution in [1.29, 1.82) is 0 Å². The molecule has 0 radical (unpaired) electrons. The van der Waals surface area contributed by atoms with Gasteiger partial charge in [-0.1, -0.05) is 59.8 Å². The summed E-state index contributed by atoms with van der Waals surface area (Å²) in [7, 11) is 0. The number of thioether (sulfide) groups is 1. The second-order valence-electron chi connectivity index (χ2n) is 4.79. The average Bonchev–Trinajstić information content (AvgIpc) is 2.53. The van der Waals surface area contributed by atoms with Crippen LogP contribution in [0.4, 0.5) is 0 Å². The van der Waals surface area contributed by atoms with Gasteiger partial charge in [-0.2, -0.15) is 0 Å². The molecule has 1 heterocycles. The van der Waals surface area contributed by atoms with Crippen molar-refractivity contribution in [1.82, 2.24) is 0 Å². The highest BCUT2D eigenvalue weighted by atomic mass is 79.9. The number of carbonyl (C=O) groups is 1. The van der Waals surface area contributed by atoms with E-state index in [1.807, 2.05) is 24.3 Å². The highest BCUT2D eigenvalue weighted by Gasteiger charge is 2.16. The summed E-state index contributed by atoms with van der Waals surface area (Å²) in [4.78, 5) is 16.8. The van der Waals surface area contributed by atoms with Crippen LogP contribution >= 0.6 is 40.3 Å². The second kappa shape index (κ2) is 7.95. The van der Waals surface area contributed by atoms with E-state index in [-0.39, 0.29) is 22.8 Å². The topological polar surface area (TPSA) is 29.4 Å². The minimum absolute atomic E-state index is 0. The minimum Gasteiger partial charge on any atom is -0.293 e. The molecular weight excluding hydrogens is 382 g/mol. The molecular formula is C17H15BrClNOS. The molecule has 3 rings (SSSR count). The summed E-state index contributed by atoms with van der Waals surface area (Å²) < 4.78 is 0. The van der Waals surface area contributed by atoms with E-state index in [9.17, 15) is 4.79 Å². The fraction of sp³-hybridized carbons (Fsp3) is 0.176. The molecule has 2 nitrogen and oxygen atoms in total. The van der Waals surface area contributed by atoms with Gasteiger partial charge in [-0.3, -0.25) is 9.79 Å². The molecule has 0 saturated carbocycles. The van der Waals surface area contributed by atoms with Gasteiger partial charge in [0.25, 0.3) is 0 Å². The Morgan fingerprint density at radius 1 is 1.14 bits per heavy atom. The first-order valence-corrected chi connectivity index (χ1v) is 8.15. The summed E-state index contributed by atoms with van der Waals surface area (Å²) in [5.74, 6) is 0.396. The van der Waals surface area contributed by atoms with Crippen LogP contribution in [0.3, 0.4) is 0 Å². The van der Waals surface area contributed by atoms with Gasteiger partial charge >= 0.3 is 0 Å². The van der Waals surface area contributed by atoms with E-state index in [0.29, 0.717) is 16.3 Å². The second-order valence-corrected chi connectivity index (χ2v) is 6.16. The van der Waals surface area contributed by atoms with E-state index in [4.69, 9.17) is 11.6 Å². The van der Waals surface area contributed by atoms with Crippen molar-refractivity contribution in [2.24, 2.45) is 4.99 Å². The molecule has 114 valence electrons. The molecule has 1 aliphatic rings. The smallest absolute Gasteiger partial charge is 0.174 e. The molecule has 0 fully saturated rings. The van der Waals surface area contributed by atoms with Crippen LogP contribution in [0.15, 0.2) is 53.5 Å². The first-order chi connectivity index (χ1) is 10.3. The van der Waals surface area contributed by atoms with Crippen LogP contribution in [-0.2, 0) is 6.42 Å². The molecule has 0 unspecified atom stereocenters.